The molecule has 0 unspecified atom stereocenters. The fourth-order valence-corrected chi connectivity index (χ4v) is 3.03. The highest BCUT2D eigenvalue weighted by molar-refractivity contribution is 5.79. The molecule has 0 saturated carbocycles. The minimum Gasteiger partial charge on any atom is -0.449 e. The fraction of sp³-hybridized carbons (Fsp3) is 0.316. The van der Waals surface area contributed by atoms with E-state index in [1.54, 1.807) is 6.92 Å². The van der Waals surface area contributed by atoms with E-state index in [1.807, 2.05) is 24.3 Å². The van der Waals surface area contributed by atoms with E-state index in [1.165, 1.54) is 22.3 Å². The van der Waals surface area contributed by atoms with Crippen molar-refractivity contribution in [2.45, 2.75) is 25.4 Å². The van der Waals surface area contributed by atoms with Crippen LogP contribution in [-0.2, 0) is 4.74 Å². The summed E-state index contributed by atoms with van der Waals surface area (Å²) in [4.78, 5) is 11.8. The second-order valence-corrected chi connectivity index (χ2v) is 5.89. The van der Waals surface area contributed by atoms with E-state index in [2.05, 4.69) is 29.6 Å². The molecule has 0 radical (unpaired) electrons. The Balaban J connectivity index is 1.67. The van der Waals surface area contributed by atoms with Gasteiger partial charge >= 0.3 is 6.09 Å². The Kier molecular flexibility index (Phi) is 4.63. The van der Waals surface area contributed by atoms with Crippen molar-refractivity contribution in [1.29, 1.82) is 0 Å². The zero-order valence-electron chi connectivity index (χ0n) is 13.2. The van der Waals surface area contributed by atoms with Gasteiger partial charge in [-0.05, 0) is 35.6 Å². The molecule has 4 heteroatoms. The van der Waals surface area contributed by atoms with Crippen molar-refractivity contribution in [3.63, 3.8) is 0 Å². The number of aliphatic hydroxyl groups is 1. The number of benzene rings is 2. The number of ether oxygens (including phenoxy) is 1. The molecule has 1 amide bonds. The zero-order valence-corrected chi connectivity index (χ0v) is 13.2. The van der Waals surface area contributed by atoms with E-state index in [9.17, 15) is 9.90 Å². The largest absolute Gasteiger partial charge is 0.449 e. The smallest absolute Gasteiger partial charge is 0.407 e. The predicted molar refractivity (Wildman–Crippen MR) is 89.4 cm³/mol. The van der Waals surface area contributed by atoms with Gasteiger partial charge in [-0.2, -0.15) is 0 Å². The first-order valence-electron chi connectivity index (χ1n) is 7.93. The number of alkyl carbamates (subject to hydrolysis) is 1. The highest BCUT2D eigenvalue weighted by Crippen LogP contribution is 2.44. The van der Waals surface area contributed by atoms with Crippen LogP contribution < -0.4 is 5.32 Å². The molecule has 0 bridgehead atoms. The van der Waals surface area contributed by atoms with Crippen molar-refractivity contribution in [1.82, 2.24) is 5.32 Å². The van der Waals surface area contributed by atoms with Crippen LogP contribution in [0.4, 0.5) is 4.79 Å². The van der Waals surface area contributed by atoms with E-state index in [-0.39, 0.29) is 5.92 Å². The number of aliphatic hydroxyl groups excluding tert-OH is 1. The summed E-state index contributed by atoms with van der Waals surface area (Å²) in [5.74, 6) is 0.0740. The van der Waals surface area contributed by atoms with Gasteiger partial charge in [0.05, 0.1) is 6.10 Å². The molecule has 3 rings (SSSR count). The second kappa shape index (κ2) is 6.84. The molecule has 0 heterocycles. The Labute approximate surface area is 136 Å². The van der Waals surface area contributed by atoms with Crippen molar-refractivity contribution in [2.75, 3.05) is 13.2 Å². The molecule has 4 nitrogen and oxygen atoms in total. The third-order valence-electron chi connectivity index (χ3n) is 4.18. The van der Waals surface area contributed by atoms with Gasteiger partial charge in [0.15, 0.2) is 0 Å². The Morgan fingerprint density at radius 3 is 2.26 bits per heavy atom. The van der Waals surface area contributed by atoms with E-state index in [0.29, 0.717) is 19.6 Å². The molecule has 1 aliphatic rings. The third-order valence-corrected chi connectivity index (χ3v) is 4.18. The summed E-state index contributed by atoms with van der Waals surface area (Å²) in [7, 11) is 0. The number of carbonyl (C=O) groups is 1. The molecular weight excluding hydrogens is 290 g/mol. The highest BCUT2D eigenvalue weighted by atomic mass is 16.5. The molecular formula is C19H21NO3. The Morgan fingerprint density at radius 1 is 1.13 bits per heavy atom. The number of carbonyl (C=O) groups excluding carboxylic acids is 1. The van der Waals surface area contributed by atoms with Gasteiger partial charge in [0.25, 0.3) is 0 Å². The van der Waals surface area contributed by atoms with Gasteiger partial charge in [-0.25, -0.2) is 4.79 Å². The number of fused-ring (bicyclic) bond motifs is 3. The van der Waals surface area contributed by atoms with Gasteiger partial charge in [-0.15, -0.1) is 0 Å². The minimum atomic E-state index is -0.437. The number of amides is 1. The Bertz CT molecular complexity index is 651. The quantitative estimate of drug-likeness (QED) is 0.891. The van der Waals surface area contributed by atoms with Crippen molar-refractivity contribution < 1.29 is 14.6 Å². The SMILES string of the molecule is C[C@H](O)CCNC(=O)OCC1c2ccccc2-c2ccccc21. The molecule has 0 aromatic heterocycles. The lowest BCUT2D eigenvalue weighted by Crippen LogP contribution is -2.28. The maximum atomic E-state index is 11.8. The van der Waals surface area contributed by atoms with Gasteiger partial charge in [0, 0.05) is 12.5 Å². The summed E-state index contributed by atoms with van der Waals surface area (Å²) >= 11 is 0. The van der Waals surface area contributed by atoms with Crippen molar-refractivity contribution in [3.8, 4) is 11.1 Å². The highest BCUT2D eigenvalue weighted by Gasteiger charge is 2.28. The van der Waals surface area contributed by atoms with Crippen LogP contribution in [0.15, 0.2) is 48.5 Å². The van der Waals surface area contributed by atoms with Gasteiger partial charge in [0.2, 0.25) is 0 Å². The van der Waals surface area contributed by atoms with Crippen LogP contribution in [0.25, 0.3) is 11.1 Å². The van der Waals surface area contributed by atoms with E-state index < -0.39 is 12.2 Å². The van der Waals surface area contributed by atoms with Crippen LogP contribution in [0.3, 0.4) is 0 Å². The molecule has 120 valence electrons. The number of hydrogen-bond donors (Lipinski definition) is 2. The van der Waals surface area contributed by atoms with Crippen LogP contribution in [0.5, 0.6) is 0 Å². The van der Waals surface area contributed by atoms with Crippen molar-refractivity contribution in [3.05, 3.63) is 59.7 Å². The molecule has 0 aliphatic heterocycles. The maximum absolute atomic E-state index is 11.8. The normalized spacial score (nSPS) is 14.0. The summed E-state index contributed by atoms with van der Waals surface area (Å²) in [6, 6.07) is 16.5. The number of nitrogens with one attached hydrogen (secondary N) is 1. The van der Waals surface area contributed by atoms with Crippen molar-refractivity contribution >= 4 is 6.09 Å². The van der Waals surface area contributed by atoms with E-state index in [0.717, 1.165) is 0 Å². The van der Waals surface area contributed by atoms with Gasteiger partial charge in [0.1, 0.15) is 6.61 Å². The Hall–Kier alpha value is -2.33. The molecule has 0 spiro atoms. The van der Waals surface area contributed by atoms with Gasteiger partial charge in [-0.1, -0.05) is 48.5 Å². The van der Waals surface area contributed by atoms with E-state index in [4.69, 9.17) is 4.74 Å². The minimum absolute atomic E-state index is 0.0740. The number of rotatable bonds is 5. The van der Waals surface area contributed by atoms with Gasteiger partial charge < -0.3 is 15.2 Å². The molecule has 2 aromatic carbocycles. The predicted octanol–water partition coefficient (Wildman–Crippen LogP) is 3.30. The molecule has 2 aromatic rings. The average Bonchev–Trinajstić information content (AvgIpc) is 2.87. The zero-order chi connectivity index (χ0) is 16.2. The Morgan fingerprint density at radius 2 is 1.70 bits per heavy atom. The summed E-state index contributed by atoms with van der Waals surface area (Å²) < 4.78 is 5.39. The summed E-state index contributed by atoms with van der Waals surface area (Å²) in [6.45, 7) is 2.42. The fourth-order valence-electron chi connectivity index (χ4n) is 3.03. The molecule has 1 atom stereocenters. The molecule has 1 aliphatic carbocycles. The van der Waals surface area contributed by atoms with Crippen LogP contribution in [-0.4, -0.2) is 30.5 Å². The van der Waals surface area contributed by atoms with Gasteiger partial charge in [-0.3, -0.25) is 0 Å². The van der Waals surface area contributed by atoms with Crippen LogP contribution in [0, 0.1) is 0 Å². The topological polar surface area (TPSA) is 58.6 Å². The number of hydrogen-bond acceptors (Lipinski definition) is 3. The average molecular weight is 311 g/mol. The van der Waals surface area contributed by atoms with Crippen LogP contribution in [0.1, 0.15) is 30.4 Å². The first-order chi connectivity index (χ1) is 11.2. The summed E-state index contributed by atoms with van der Waals surface area (Å²) in [6.07, 6.45) is -0.346. The first-order valence-corrected chi connectivity index (χ1v) is 7.93. The second-order valence-electron chi connectivity index (χ2n) is 5.89. The van der Waals surface area contributed by atoms with Crippen LogP contribution in [0.2, 0.25) is 0 Å². The molecule has 2 N–H and O–H groups in total. The maximum Gasteiger partial charge on any atom is 0.407 e. The van der Waals surface area contributed by atoms with Crippen LogP contribution >= 0.6 is 0 Å². The van der Waals surface area contributed by atoms with E-state index >= 15 is 0 Å². The summed E-state index contributed by atoms with van der Waals surface area (Å²) in [5.41, 5.74) is 4.83. The first kappa shape index (κ1) is 15.6. The molecule has 23 heavy (non-hydrogen) atoms. The lowest BCUT2D eigenvalue weighted by Gasteiger charge is -2.14. The third kappa shape index (κ3) is 3.37. The molecule has 0 fully saturated rings. The summed E-state index contributed by atoms with van der Waals surface area (Å²) in [5, 5.41) is 11.9. The lowest BCUT2D eigenvalue weighted by atomic mass is 9.98. The lowest BCUT2D eigenvalue weighted by molar-refractivity contribution is 0.139. The molecule has 0 saturated heterocycles. The van der Waals surface area contributed by atoms with Crippen molar-refractivity contribution in [2.24, 2.45) is 0 Å². The standard InChI is InChI=1S/C19H21NO3/c1-13(21)10-11-20-19(22)23-12-18-16-8-4-2-6-14(16)15-7-3-5-9-17(15)18/h2-9,13,18,21H,10-12H2,1H3,(H,20,22)/t13-/m0/s1. The monoisotopic (exact) mass is 311 g/mol.